The van der Waals surface area contributed by atoms with Crippen LogP contribution in [0.3, 0.4) is 0 Å². The predicted molar refractivity (Wildman–Crippen MR) is 115 cm³/mol. The molecule has 8 nitrogen and oxygen atoms in total. The minimum Gasteiger partial charge on any atom is -0.507 e. The molecule has 0 fully saturated rings. The first-order valence-corrected chi connectivity index (χ1v) is 10.0. The Hall–Kier alpha value is -3.68. The van der Waals surface area contributed by atoms with Crippen LogP contribution in [0, 0.1) is 0 Å². The second kappa shape index (κ2) is 8.22. The fraction of sp³-hybridized carbons (Fsp3) is 0.304. The number of hydrogen-bond donors (Lipinski definition) is 2. The number of ether oxygens (including phenoxy) is 3. The first kappa shape index (κ1) is 20.6. The molecule has 2 aromatic carbocycles. The molecular weight excluding hydrogens is 398 g/mol. The van der Waals surface area contributed by atoms with E-state index in [1.807, 2.05) is 25.1 Å². The van der Waals surface area contributed by atoms with E-state index in [0.717, 1.165) is 12.0 Å². The molecule has 2 heterocycles. The number of nitrogens with one attached hydrogen (secondary N) is 1. The summed E-state index contributed by atoms with van der Waals surface area (Å²) in [5.41, 5.74) is 3.04. The minimum absolute atomic E-state index is 0.0989. The maximum Gasteiger partial charge on any atom is 0.273 e. The van der Waals surface area contributed by atoms with Crippen LogP contribution in [-0.4, -0.2) is 54.0 Å². The number of methoxy groups -OCH3 is 3. The number of rotatable bonds is 7. The highest BCUT2D eigenvalue weighted by atomic mass is 16.5. The first-order chi connectivity index (χ1) is 15.0. The van der Waals surface area contributed by atoms with Crippen LogP contribution in [0.1, 0.15) is 41.0 Å². The third kappa shape index (κ3) is 3.24. The number of aromatic amines is 1. The Kier molecular flexibility index (Phi) is 5.46. The molecule has 3 aromatic rings. The Bertz CT molecular complexity index is 1100. The molecule has 31 heavy (non-hydrogen) atoms. The molecule has 1 aromatic heterocycles. The van der Waals surface area contributed by atoms with E-state index in [2.05, 4.69) is 10.2 Å². The number of nitrogens with zero attached hydrogens (tertiary/aromatic N) is 2. The minimum atomic E-state index is -0.426. The molecule has 0 unspecified atom stereocenters. The fourth-order valence-corrected chi connectivity index (χ4v) is 4.15. The average molecular weight is 423 g/mol. The van der Waals surface area contributed by atoms with Gasteiger partial charge in [0.2, 0.25) is 5.75 Å². The molecular formula is C23H25N3O5. The van der Waals surface area contributed by atoms with Crippen molar-refractivity contribution in [3.8, 4) is 34.3 Å². The van der Waals surface area contributed by atoms with Gasteiger partial charge in [0.25, 0.3) is 5.91 Å². The zero-order valence-corrected chi connectivity index (χ0v) is 17.9. The monoisotopic (exact) mass is 423 g/mol. The molecule has 1 aliphatic heterocycles. The molecule has 8 heteroatoms. The SMILES string of the molecule is CCCN1C(=O)c2[nH]nc(-c3ccccc3O)c2[C@@H]1c1cc(OC)c(OC)c(OC)c1. The smallest absolute Gasteiger partial charge is 0.273 e. The van der Waals surface area contributed by atoms with Crippen molar-refractivity contribution in [1.82, 2.24) is 15.1 Å². The van der Waals surface area contributed by atoms with Crippen LogP contribution in [0.5, 0.6) is 23.0 Å². The van der Waals surface area contributed by atoms with Crippen LogP contribution in [0.2, 0.25) is 0 Å². The zero-order valence-electron chi connectivity index (χ0n) is 17.9. The number of carbonyl (C=O) groups is 1. The predicted octanol–water partition coefficient (Wildman–Crippen LogP) is 3.76. The van der Waals surface area contributed by atoms with Gasteiger partial charge in [0.15, 0.2) is 11.5 Å². The van der Waals surface area contributed by atoms with E-state index in [-0.39, 0.29) is 11.7 Å². The highest BCUT2D eigenvalue weighted by molar-refractivity contribution is 6.00. The summed E-state index contributed by atoms with van der Waals surface area (Å²) in [4.78, 5) is 15.0. The molecule has 0 radical (unpaired) electrons. The molecule has 0 bridgehead atoms. The number of aromatic hydroxyl groups is 1. The quantitative estimate of drug-likeness (QED) is 0.601. The van der Waals surface area contributed by atoms with Gasteiger partial charge in [-0.3, -0.25) is 9.89 Å². The summed E-state index contributed by atoms with van der Waals surface area (Å²) >= 11 is 0. The molecule has 2 N–H and O–H groups in total. The third-order valence-electron chi connectivity index (χ3n) is 5.49. The molecule has 0 aliphatic carbocycles. The van der Waals surface area contributed by atoms with Crippen LogP contribution in [0.4, 0.5) is 0 Å². The number of fused-ring (bicyclic) bond motifs is 1. The van der Waals surface area contributed by atoms with Gasteiger partial charge in [-0.05, 0) is 36.2 Å². The number of H-pyrrole nitrogens is 1. The molecule has 162 valence electrons. The fourth-order valence-electron chi connectivity index (χ4n) is 4.15. The summed E-state index contributed by atoms with van der Waals surface area (Å²) in [7, 11) is 4.66. The number of carbonyl (C=O) groups excluding carboxylic acids is 1. The summed E-state index contributed by atoms with van der Waals surface area (Å²) in [6.45, 7) is 2.58. The van der Waals surface area contributed by atoms with E-state index in [1.165, 1.54) is 0 Å². The Morgan fingerprint density at radius 3 is 2.35 bits per heavy atom. The number of amides is 1. The summed E-state index contributed by atoms with van der Waals surface area (Å²) in [6.07, 6.45) is 0.788. The number of aromatic nitrogens is 2. The molecule has 1 aliphatic rings. The lowest BCUT2D eigenvalue weighted by Crippen LogP contribution is -2.30. The van der Waals surface area contributed by atoms with Crippen molar-refractivity contribution >= 4 is 5.91 Å². The van der Waals surface area contributed by atoms with E-state index in [4.69, 9.17) is 14.2 Å². The molecule has 0 spiro atoms. The van der Waals surface area contributed by atoms with E-state index >= 15 is 0 Å². The maximum absolute atomic E-state index is 13.2. The average Bonchev–Trinajstić information content (AvgIpc) is 3.32. The van der Waals surface area contributed by atoms with Gasteiger partial charge in [0.1, 0.15) is 17.1 Å². The van der Waals surface area contributed by atoms with E-state index in [0.29, 0.717) is 46.3 Å². The van der Waals surface area contributed by atoms with Crippen molar-refractivity contribution in [1.29, 1.82) is 0 Å². The molecule has 0 saturated carbocycles. The zero-order chi connectivity index (χ0) is 22.1. The largest absolute Gasteiger partial charge is 0.507 e. The first-order valence-electron chi connectivity index (χ1n) is 10.0. The van der Waals surface area contributed by atoms with Gasteiger partial charge < -0.3 is 24.2 Å². The second-order valence-electron chi connectivity index (χ2n) is 7.24. The second-order valence-corrected chi connectivity index (χ2v) is 7.24. The molecule has 4 rings (SSSR count). The van der Waals surface area contributed by atoms with Gasteiger partial charge in [-0.2, -0.15) is 5.10 Å². The highest BCUT2D eigenvalue weighted by Gasteiger charge is 2.42. The lowest BCUT2D eigenvalue weighted by molar-refractivity contribution is 0.0743. The van der Waals surface area contributed by atoms with Gasteiger partial charge >= 0.3 is 0 Å². The van der Waals surface area contributed by atoms with Gasteiger partial charge in [-0.1, -0.05) is 19.1 Å². The number of para-hydroxylation sites is 1. The van der Waals surface area contributed by atoms with E-state index < -0.39 is 6.04 Å². The van der Waals surface area contributed by atoms with Crippen LogP contribution < -0.4 is 14.2 Å². The van der Waals surface area contributed by atoms with Crippen molar-refractivity contribution < 1.29 is 24.1 Å². The summed E-state index contributed by atoms with van der Waals surface area (Å²) < 4.78 is 16.5. The topological polar surface area (TPSA) is 96.9 Å². The number of benzene rings is 2. The van der Waals surface area contributed by atoms with Crippen LogP contribution in [-0.2, 0) is 0 Å². The standard InChI is InChI=1S/C23H25N3O5/c1-5-10-26-21(13-11-16(29-2)22(31-4)17(12-13)30-3)18-19(24-25-20(18)23(26)28)14-8-6-7-9-15(14)27/h6-9,11-12,21,27H,5,10H2,1-4H3,(H,24,25)/t21-/m0/s1. The van der Waals surface area contributed by atoms with Crippen molar-refractivity contribution in [2.24, 2.45) is 0 Å². The van der Waals surface area contributed by atoms with Crippen LogP contribution in [0.15, 0.2) is 36.4 Å². The normalized spacial score (nSPS) is 15.2. The third-order valence-corrected chi connectivity index (χ3v) is 5.49. The summed E-state index contributed by atoms with van der Waals surface area (Å²) in [5, 5.41) is 17.7. The molecule has 1 atom stereocenters. The number of phenols is 1. The van der Waals surface area contributed by atoms with Gasteiger partial charge in [-0.15, -0.1) is 0 Å². The Labute approximate surface area is 180 Å². The van der Waals surface area contributed by atoms with Crippen LogP contribution >= 0.6 is 0 Å². The highest BCUT2D eigenvalue weighted by Crippen LogP contribution is 2.48. The number of hydrogen-bond acceptors (Lipinski definition) is 6. The van der Waals surface area contributed by atoms with Crippen molar-refractivity contribution in [3.63, 3.8) is 0 Å². The van der Waals surface area contributed by atoms with Crippen LogP contribution in [0.25, 0.3) is 11.3 Å². The Balaban J connectivity index is 1.95. The van der Waals surface area contributed by atoms with Crippen molar-refractivity contribution in [3.05, 3.63) is 53.2 Å². The van der Waals surface area contributed by atoms with Gasteiger partial charge in [-0.25, -0.2) is 0 Å². The molecule has 1 amide bonds. The number of phenolic OH excluding ortho intramolecular Hbond substituents is 1. The lowest BCUT2D eigenvalue weighted by Gasteiger charge is -2.27. The Morgan fingerprint density at radius 2 is 1.77 bits per heavy atom. The molecule has 0 saturated heterocycles. The van der Waals surface area contributed by atoms with E-state index in [1.54, 1.807) is 44.4 Å². The summed E-state index contributed by atoms with van der Waals surface area (Å²) in [6, 6.07) is 10.2. The van der Waals surface area contributed by atoms with Crippen molar-refractivity contribution in [2.45, 2.75) is 19.4 Å². The Morgan fingerprint density at radius 1 is 1.10 bits per heavy atom. The van der Waals surface area contributed by atoms with Crippen molar-refractivity contribution in [2.75, 3.05) is 27.9 Å². The van der Waals surface area contributed by atoms with E-state index in [9.17, 15) is 9.90 Å². The maximum atomic E-state index is 13.2. The summed E-state index contributed by atoms with van der Waals surface area (Å²) in [5.74, 6) is 1.45. The van der Waals surface area contributed by atoms with Gasteiger partial charge in [0.05, 0.1) is 27.4 Å². The van der Waals surface area contributed by atoms with Gasteiger partial charge in [0, 0.05) is 17.7 Å². The lowest BCUT2D eigenvalue weighted by atomic mass is 9.95.